The minimum absolute atomic E-state index is 0.0421. The van der Waals surface area contributed by atoms with Crippen molar-refractivity contribution in [2.45, 2.75) is 70.1 Å². The number of piperidine rings is 1. The highest BCUT2D eigenvalue weighted by molar-refractivity contribution is 5.97. The minimum atomic E-state index is -0.394. The van der Waals surface area contributed by atoms with E-state index in [0.717, 1.165) is 23.7 Å². The van der Waals surface area contributed by atoms with Crippen molar-refractivity contribution in [3.05, 3.63) is 46.2 Å². The fourth-order valence-corrected chi connectivity index (χ4v) is 5.31. The zero-order valence-electron chi connectivity index (χ0n) is 17.1. The van der Waals surface area contributed by atoms with Gasteiger partial charge in [-0.05, 0) is 64.0 Å². The summed E-state index contributed by atoms with van der Waals surface area (Å²) in [6.45, 7) is 5.90. The number of rotatable bonds is 3. The molecule has 3 amide bonds. The number of nitrogens with zero attached hydrogens (tertiary/aromatic N) is 2. The zero-order chi connectivity index (χ0) is 20.9. The van der Waals surface area contributed by atoms with Crippen molar-refractivity contribution in [1.29, 1.82) is 0 Å². The third-order valence-electron chi connectivity index (χ3n) is 6.48. The lowest BCUT2D eigenvalue weighted by Crippen LogP contribution is -2.59. The Kier molecular flexibility index (Phi) is 4.63. The molecule has 1 aromatic heterocycles. The van der Waals surface area contributed by atoms with E-state index in [9.17, 15) is 14.4 Å². The van der Waals surface area contributed by atoms with Crippen LogP contribution in [0.1, 0.15) is 62.9 Å². The Balaban J connectivity index is 1.63. The molecule has 1 aromatic carbocycles. The normalized spacial score (nSPS) is 26.1. The van der Waals surface area contributed by atoms with Gasteiger partial charge >= 0.3 is 6.03 Å². The van der Waals surface area contributed by atoms with Gasteiger partial charge in [0.15, 0.2) is 0 Å². The number of nitrogens with two attached hydrogens (primary N) is 1. The number of nitrogens with one attached hydrogen (secondary N) is 1. The summed E-state index contributed by atoms with van der Waals surface area (Å²) in [5, 5.41) is 3.92. The highest BCUT2D eigenvalue weighted by Gasteiger charge is 2.50. The van der Waals surface area contributed by atoms with Crippen molar-refractivity contribution in [2.24, 2.45) is 5.73 Å². The van der Waals surface area contributed by atoms with E-state index >= 15 is 0 Å². The molecule has 7 nitrogen and oxygen atoms in total. The van der Waals surface area contributed by atoms with Crippen LogP contribution in [0, 0.1) is 0 Å². The first-order valence-corrected chi connectivity index (χ1v) is 10.3. The molecule has 2 fully saturated rings. The van der Waals surface area contributed by atoms with Crippen molar-refractivity contribution in [1.82, 2.24) is 14.8 Å². The van der Waals surface area contributed by atoms with E-state index in [1.165, 1.54) is 0 Å². The maximum absolute atomic E-state index is 13.1. The number of carbonyl (C=O) groups excluding carboxylic acids is 2. The van der Waals surface area contributed by atoms with Crippen molar-refractivity contribution in [3.8, 4) is 0 Å². The smallest absolute Gasteiger partial charge is 0.315 e. The molecule has 154 valence electrons. The predicted molar refractivity (Wildman–Crippen MR) is 112 cm³/mol. The summed E-state index contributed by atoms with van der Waals surface area (Å²) < 4.78 is 1.67. The highest BCUT2D eigenvalue weighted by atomic mass is 16.2. The van der Waals surface area contributed by atoms with Crippen LogP contribution in [0.5, 0.6) is 0 Å². The van der Waals surface area contributed by atoms with Gasteiger partial charge in [-0.3, -0.25) is 9.59 Å². The fraction of sp³-hybridized carbons (Fsp3) is 0.500. The lowest BCUT2D eigenvalue weighted by Gasteiger charge is -2.45. The Bertz CT molecular complexity index is 1040. The molecule has 3 N–H and O–H groups in total. The van der Waals surface area contributed by atoms with Crippen LogP contribution in [0.3, 0.4) is 0 Å². The fourth-order valence-electron chi connectivity index (χ4n) is 5.31. The van der Waals surface area contributed by atoms with Crippen LogP contribution in [0.2, 0.25) is 0 Å². The lowest BCUT2D eigenvalue weighted by atomic mass is 9.87. The Morgan fingerprint density at radius 2 is 2.00 bits per heavy atom. The van der Waals surface area contributed by atoms with Crippen LogP contribution < -0.4 is 16.6 Å². The zero-order valence-corrected chi connectivity index (χ0v) is 17.1. The molecule has 3 heterocycles. The molecule has 2 bridgehead atoms. The second-order valence-electron chi connectivity index (χ2n) is 8.89. The molecule has 0 spiro atoms. The first-order chi connectivity index (χ1) is 13.7. The van der Waals surface area contributed by atoms with Gasteiger partial charge < -0.3 is 20.5 Å². The summed E-state index contributed by atoms with van der Waals surface area (Å²) in [4.78, 5) is 39.8. The van der Waals surface area contributed by atoms with Crippen molar-refractivity contribution in [3.63, 3.8) is 0 Å². The number of carbonyl (C=O) groups is 2. The van der Waals surface area contributed by atoms with E-state index in [1.807, 2.05) is 45.0 Å². The monoisotopic (exact) mass is 396 g/mol. The van der Waals surface area contributed by atoms with Gasteiger partial charge in [0.1, 0.15) is 5.56 Å². The quantitative estimate of drug-likeness (QED) is 0.835. The van der Waals surface area contributed by atoms with Crippen molar-refractivity contribution < 1.29 is 9.59 Å². The Labute approximate surface area is 169 Å². The molecular weight excluding hydrogens is 368 g/mol. The first-order valence-electron chi connectivity index (χ1n) is 10.3. The number of urea groups is 1. The predicted octanol–water partition coefficient (Wildman–Crippen LogP) is 2.78. The number of aromatic nitrogens is 1. The van der Waals surface area contributed by atoms with E-state index in [-0.39, 0.29) is 40.7 Å². The van der Waals surface area contributed by atoms with Crippen LogP contribution in [0.15, 0.2) is 35.1 Å². The second kappa shape index (κ2) is 6.90. The van der Waals surface area contributed by atoms with Crippen molar-refractivity contribution >= 4 is 22.8 Å². The Morgan fingerprint density at radius 3 is 2.66 bits per heavy atom. The SMILES string of the molecule is CC(C)n1c(=O)c(C(=O)NC2CC3CCC(C)(C2)N3C(N)=O)cc2ccccc21. The molecule has 4 rings (SSSR count). The van der Waals surface area contributed by atoms with Crippen LogP contribution in [0.25, 0.3) is 10.9 Å². The third-order valence-corrected chi connectivity index (χ3v) is 6.48. The Morgan fingerprint density at radius 1 is 1.28 bits per heavy atom. The second-order valence-corrected chi connectivity index (χ2v) is 8.89. The molecule has 29 heavy (non-hydrogen) atoms. The highest BCUT2D eigenvalue weighted by Crippen LogP contribution is 2.43. The summed E-state index contributed by atoms with van der Waals surface area (Å²) in [6.07, 6.45) is 3.07. The molecule has 0 radical (unpaired) electrons. The molecule has 0 saturated carbocycles. The summed E-state index contributed by atoms with van der Waals surface area (Å²) >= 11 is 0. The lowest BCUT2D eigenvalue weighted by molar-refractivity contribution is 0.0733. The number of hydrogen-bond acceptors (Lipinski definition) is 3. The molecule has 0 aliphatic carbocycles. The largest absolute Gasteiger partial charge is 0.351 e. The van der Waals surface area contributed by atoms with Gasteiger partial charge in [-0.25, -0.2) is 4.79 Å². The number of pyridine rings is 1. The van der Waals surface area contributed by atoms with Crippen LogP contribution in [-0.2, 0) is 0 Å². The van der Waals surface area contributed by atoms with Gasteiger partial charge in [-0.15, -0.1) is 0 Å². The molecular formula is C22H28N4O3. The van der Waals surface area contributed by atoms with Crippen molar-refractivity contribution in [2.75, 3.05) is 0 Å². The van der Waals surface area contributed by atoms with Gasteiger partial charge in [0.05, 0.1) is 5.52 Å². The molecule has 3 unspecified atom stereocenters. The average Bonchev–Trinajstić information content (AvgIpc) is 2.87. The van der Waals surface area contributed by atoms with Gasteiger partial charge in [-0.1, -0.05) is 18.2 Å². The summed E-state index contributed by atoms with van der Waals surface area (Å²) in [5.41, 5.74) is 5.95. The van der Waals surface area contributed by atoms with E-state index in [1.54, 1.807) is 15.5 Å². The van der Waals surface area contributed by atoms with Gasteiger partial charge in [0.25, 0.3) is 11.5 Å². The topological polar surface area (TPSA) is 97.4 Å². The van der Waals surface area contributed by atoms with Gasteiger partial charge in [-0.2, -0.15) is 0 Å². The molecule has 2 aliphatic rings. The third kappa shape index (κ3) is 3.18. The molecule has 2 saturated heterocycles. The number of hydrogen-bond donors (Lipinski definition) is 2. The van der Waals surface area contributed by atoms with E-state index in [4.69, 9.17) is 5.73 Å². The van der Waals surface area contributed by atoms with Crippen LogP contribution in [-0.4, -0.2) is 39.0 Å². The van der Waals surface area contributed by atoms with Crippen LogP contribution in [0.4, 0.5) is 4.79 Å². The summed E-state index contributed by atoms with van der Waals surface area (Å²) in [5.74, 6) is -0.351. The summed E-state index contributed by atoms with van der Waals surface area (Å²) in [7, 11) is 0. The maximum Gasteiger partial charge on any atom is 0.315 e. The average molecular weight is 396 g/mol. The number of benzene rings is 1. The van der Waals surface area contributed by atoms with E-state index < -0.39 is 6.03 Å². The maximum atomic E-state index is 13.1. The number of primary amides is 1. The minimum Gasteiger partial charge on any atom is -0.351 e. The number of amides is 3. The van der Waals surface area contributed by atoms with Gasteiger partial charge in [0, 0.05) is 23.7 Å². The number of fused-ring (bicyclic) bond motifs is 3. The molecule has 7 heteroatoms. The van der Waals surface area contributed by atoms with Crippen LogP contribution >= 0.6 is 0 Å². The number of para-hydroxylation sites is 1. The van der Waals surface area contributed by atoms with E-state index in [0.29, 0.717) is 12.8 Å². The van der Waals surface area contributed by atoms with E-state index in [2.05, 4.69) is 5.32 Å². The van der Waals surface area contributed by atoms with Gasteiger partial charge in [0.2, 0.25) is 0 Å². The summed E-state index contributed by atoms with van der Waals surface area (Å²) in [6, 6.07) is 8.78. The molecule has 2 aromatic rings. The first kappa shape index (κ1) is 19.5. The molecule has 2 aliphatic heterocycles. The Hall–Kier alpha value is -2.83. The molecule has 3 atom stereocenters. The standard InChI is InChI=1S/C22H28N4O3/c1-13(2)25-18-7-5-4-6-14(18)10-17(20(25)28)19(27)24-15-11-16-8-9-22(3,12-15)26(16)21(23)29/h4-7,10,13,15-16H,8-9,11-12H2,1-3H3,(H2,23,29)(H,24,27).